The first kappa shape index (κ1) is 20.9. The van der Waals surface area contributed by atoms with Crippen molar-refractivity contribution in [1.29, 1.82) is 0 Å². The van der Waals surface area contributed by atoms with Crippen LogP contribution in [0.1, 0.15) is 34.9 Å². The van der Waals surface area contributed by atoms with Gasteiger partial charge in [0.1, 0.15) is 0 Å². The summed E-state index contributed by atoms with van der Waals surface area (Å²) in [6.07, 6.45) is 1.14. The molecule has 1 unspecified atom stereocenters. The van der Waals surface area contributed by atoms with E-state index in [-0.39, 0.29) is 11.8 Å². The molecule has 7 heteroatoms. The fraction of sp³-hybridized carbons (Fsp3) is 0.375. The Balaban J connectivity index is 1.40. The summed E-state index contributed by atoms with van der Waals surface area (Å²) in [7, 11) is 3.23. The Morgan fingerprint density at radius 2 is 1.87 bits per heavy atom. The van der Waals surface area contributed by atoms with Gasteiger partial charge in [-0.1, -0.05) is 17.3 Å². The highest BCUT2D eigenvalue weighted by molar-refractivity contribution is 5.79. The molecule has 1 aromatic heterocycles. The summed E-state index contributed by atoms with van der Waals surface area (Å²) in [5, 5.41) is 4.16. The molecule has 1 fully saturated rings. The van der Waals surface area contributed by atoms with Crippen LogP contribution < -0.4 is 9.47 Å². The van der Waals surface area contributed by atoms with Crippen molar-refractivity contribution < 1.29 is 18.8 Å². The number of benzene rings is 2. The second-order valence-electron chi connectivity index (χ2n) is 7.94. The van der Waals surface area contributed by atoms with Gasteiger partial charge in [-0.3, -0.25) is 4.79 Å². The van der Waals surface area contributed by atoms with Gasteiger partial charge in [-0.25, -0.2) is 0 Å². The lowest BCUT2D eigenvalue weighted by molar-refractivity contribution is -0.127. The van der Waals surface area contributed by atoms with Crippen molar-refractivity contribution in [3.05, 3.63) is 58.9 Å². The zero-order valence-electron chi connectivity index (χ0n) is 18.3. The van der Waals surface area contributed by atoms with Crippen molar-refractivity contribution in [1.82, 2.24) is 15.0 Å². The second-order valence-corrected chi connectivity index (χ2v) is 7.94. The first-order valence-electron chi connectivity index (χ1n) is 10.4. The maximum atomic E-state index is 12.6. The van der Waals surface area contributed by atoms with Crippen LogP contribution in [-0.2, 0) is 11.2 Å². The molecule has 0 spiro atoms. The van der Waals surface area contributed by atoms with Crippen molar-refractivity contribution in [3.8, 4) is 23.0 Å². The SMILES string of the molecule is COc1ccc(CCN2CC(c3noc(-c4ccc(C)c(C)c4)n3)CC2=O)cc1OC. The number of likely N-dealkylation sites (tertiary alicyclic amines) is 1. The van der Waals surface area contributed by atoms with E-state index < -0.39 is 0 Å². The molecule has 0 N–H and O–H groups in total. The number of carbonyl (C=O) groups excluding carboxylic acids is 1. The predicted molar refractivity (Wildman–Crippen MR) is 116 cm³/mol. The minimum absolute atomic E-state index is 0.0538. The zero-order chi connectivity index (χ0) is 22.0. The molecule has 31 heavy (non-hydrogen) atoms. The summed E-state index contributed by atoms with van der Waals surface area (Å²) < 4.78 is 16.1. The normalized spacial score (nSPS) is 16.1. The van der Waals surface area contributed by atoms with Gasteiger partial charge in [-0.2, -0.15) is 4.98 Å². The van der Waals surface area contributed by atoms with E-state index in [4.69, 9.17) is 14.0 Å². The smallest absolute Gasteiger partial charge is 0.257 e. The van der Waals surface area contributed by atoms with E-state index in [2.05, 4.69) is 24.0 Å². The summed E-state index contributed by atoms with van der Waals surface area (Å²) in [4.78, 5) is 19.0. The average molecular weight is 421 g/mol. The maximum Gasteiger partial charge on any atom is 0.257 e. The van der Waals surface area contributed by atoms with Crippen molar-refractivity contribution in [2.45, 2.75) is 32.6 Å². The highest BCUT2D eigenvalue weighted by Gasteiger charge is 2.33. The van der Waals surface area contributed by atoms with E-state index in [0.717, 1.165) is 17.5 Å². The Morgan fingerprint density at radius 3 is 2.61 bits per heavy atom. The van der Waals surface area contributed by atoms with Gasteiger partial charge in [-0.15, -0.1) is 0 Å². The first-order chi connectivity index (χ1) is 15.0. The molecule has 1 amide bonds. The molecule has 162 valence electrons. The maximum absolute atomic E-state index is 12.6. The molecule has 1 atom stereocenters. The van der Waals surface area contributed by atoms with E-state index in [9.17, 15) is 4.79 Å². The summed E-state index contributed by atoms with van der Waals surface area (Å²) in [5.41, 5.74) is 4.38. The molecule has 0 radical (unpaired) electrons. The third-order valence-electron chi connectivity index (χ3n) is 5.89. The highest BCUT2D eigenvalue weighted by atomic mass is 16.5. The molecule has 7 nitrogen and oxygen atoms in total. The van der Waals surface area contributed by atoms with Crippen LogP contribution in [0, 0.1) is 13.8 Å². The van der Waals surface area contributed by atoms with Crippen LogP contribution in [0.15, 0.2) is 40.9 Å². The lowest BCUT2D eigenvalue weighted by Crippen LogP contribution is -2.27. The fourth-order valence-electron chi connectivity index (χ4n) is 3.85. The molecule has 1 aliphatic rings. The number of ether oxygens (including phenoxy) is 2. The van der Waals surface area contributed by atoms with E-state index in [1.165, 1.54) is 11.1 Å². The molecular weight excluding hydrogens is 394 g/mol. The van der Waals surface area contributed by atoms with Crippen molar-refractivity contribution in [2.75, 3.05) is 27.3 Å². The topological polar surface area (TPSA) is 77.7 Å². The number of aromatic nitrogens is 2. The molecule has 1 aliphatic heterocycles. The number of carbonyl (C=O) groups is 1. The van der Waals surface area contributed by atoms with Crippen molar-refractivity contribution in [2.24, 2.45) is 0 Å². The lowest BCUT2D eigenvalue weighted by atomic mass is 10.1. The molecule has 1 saturated heterocycles. The van der Waals surface area contributed by atoms with Gasteiger partial charge in [0.25, 0.3) is 5.89 Å². The Bertz CT molecular complexity index is 1090. The molecule has 4 rings (SSSR count). The minimum Gasteiger partial charge on any atom is -0.493 e. The Morgan fingerprint density at radius 1 is 1.06 bits per heavy atom. The van der Waals surface area contributed by atoms with Gasteiger partial charge in [0.2, 0.25) is 5.91 Å². The lowest BCUT2D eigenvalue weighted by Gasteiger charge is -2.16. The van der Waals surface area contributed by atoms with Crippen LogP contribution in [0.2, 0.25) is 0 Å². The van der Waals surface area contributed by atoms with Crippen LogP contribution in [0.5, 0.6) is 11.5 Å². The quantitative estimate of drug-likeness (QED) is 0.575. The zero-order valence-corrected chi connectivity index (χ0v) is 18.3. The number of aryl methyl sites for hydroxylation is 2. The highest BCUT2D eigenvalue weighted by Crippen LogP contribution is 2.30. The summed E-state index contributed by atoms with van der Waals surface area (Å²) >= 11 is 0. The molecule has 3 aromatic rings. The van der Waals surface area contributed by atoms with E-state index in [0.29, 0.717) is 42.7 Å². The summed E-state index contributed by atoms with van der Waals surface area (Å²) in [5.74, 6) is 2.53. The Kier molecular flexibility index (Phi) is 5.93. The van der Waals surface area contributed by atoms with Crippen molar-refractivity contribution >= 4 is 5.91 Å². The van der Waals surface area contributed by atoms with Crippen LogP contribution >= 0.6 is 0 Å². The summed E-state index contributed by atoms with van der Waals surface area (Å²) in [6, 6.07) is 11.9. The van der Waals surface area contributed by atoms with Crippen LogP contribution in [-0.4, -0.2) is 48.3 Å². The van der Waals surface area contributed by atoms with Gasteiger partial charge in [0.15, 0.2) is 17.3 Å². The molecule has 0 aliphatic carbocycles. The van der Waals surface area contributed by atoms with Gasteiger partial charge in [-0.05, 0) is 61.2 Å². The molecular formula is C24H27N3O4. The Labute approximate surface area is 182 Å². The number of methoxy groups -OCH3 is 2. The van der Waals surface area contributed by atoms with E-state index >= 15 is 0 Å². The molecule has 0 bridgehead atoms. The predicted octanol–water partition coefficient (Wildman–Crippen LogP) is 3.93. The molecule has 0 saturated carbocycles. The van der Waals surface area contributed by atoms with Crippen LogP contribution in [0.4, 0.5) is 0 Å². The van der Waals surface area contributed by atoms with Crippen LogP contribution in [0.25, 0.3) is 11.5 Å². The number of amides is 1. The molecule has 2 heterocycles. The molecule has 2 aromatic carbocycles. The number of nitrogens with zero attached hydrogens (tertiary/aromatic N) is 3. The third kappa shape index (κ3) is 4.40. The van der Waals surface area contributed by atoms with Gasteiger partial charge in [0, 0.05) is 31.0 Å². The third-order valence-corrected chi connectivity index (χ3v) is 5.89. The van der Waals surface area contributed by atoms with Crippen molar-refractivity contribution in [3.63, 3.8) is 0 Å². The number of hydrogen-bond acceptors (Lipinski definition) is 6. The van der Waals surface area contributed by atoms with Gasteiger partial charge < -0.3 is 18.9 Å². The standard InChI is InChI=1S/C24H27N3O4/c1-15-5-7-18(11-16(15)2)24-25-23(26-31-24)19-13-22(28)27(14-19)10-9-17-6-8-20(29-3)21(12-17)30-4/h5-8,11-12,19H,9-10,13-14H2,1-4H3. The average Bonchev–Trinajstić information content (AvgIpc) is 3.41. The van der Waals surface area contributed by atoms with E-state index in [1.807, 2.05) is 41.3 Å². The first-order valence-corrected chi connectivity index (χ1v) is 10.4. The van der Waals surface area contributed by atoms with Gasteiger partial charge in [0.05, 0.1) is 14.2 Å². The Hall–Kier alpha value is -3.35. The summed E-state index contributed by atoms with van der Waals surface area (Å²) in [6.45, 7) is 5.35. The number of hydrogen-bond donors (Lipinski definition) is 0. The number of rotatable bonds is 7. The van der Waals surface area contributed by atoms with Gasteiger partial charge >= 0.3 is 0 Å². The largest absolute Gasteiger partial charge is 0.493 e. The minimum atomic E-state index is -0.0538. The fourth-order valence-corrected chi connectivity index (χ4v) is 3.85. The second kappa shape index (κ2) is 8.79. The van der Waals surface area contributed by atoms with E-state index in [1.54, 1.807) is 14.2 Å². The monoisotopic (exact) mass is 421 g/mol. The van der Waals surface area contributed by atoms with Crippen LogP contribution in [0.3, 0.4) is 0 Å².